The molecular weight excluding hydrogens is 200 g/mol. The molecule has 0 bridgehead atoms. The first-order valence-corrected chi connectivity index (χ1v) is 5.72. The maximum atomic E-state index is 5.95. The molecule has 0 aliphatic carbocycles. The number of halogens is 1. The first-order chi connectivity index (χ1) is 6.31. The van der Waals surface area contributed by atoms with E-state index < -0.39 is 0 Å². The highest BCUT2D eigenvalue weighted by atomic mass is 35.5. The van der Waals surface area contributed by atoms with Crippen LogP contribution in [0.2, 0.25) is 5.02 Å². The zero-order valence-electron chi connectivity index (χ0n) is 7.51. The molecule has 0 nitrogen and oxygen atoms in total. The lowest BCUT2D eigenvalue weighted by molar-refractivity contribution is 0.933. The molecule has 1 aromatic heterocycles. The second-order valence-corrected chi connectivity index (χ2v) is 4.50. The van der Waals surface area contributed by atoms with Gasteiger partial charge in [-0.15, -0.1) is 11.3 Å². The monoisotopic (exact) mass is 210 g/mol. The van der Waals surface area contributed by atoms with E-state index in [-0.39, 0.29) is 0 Å². The van der Waals surface area contributed by atoms with Gasteiger partial charge >= 0.3 is 0 Å². The van der Waals surface area contributed by atoms with Crippen LogP contribution in [0.5, 0.6) is 0 Å². The third-order valence-corrected chi connectivity index (χ3v) is 3.38. The fourth-order valence-electron chi connectivity index (χ4n) is 1.52. The van der Waals surface area contributed by atoms with Crippen molar-refractivity contribution in [1.82, 2.24) is 0 Å². The molecule has 0 spiro atoms. The summed E-state index contributed by atoms with van der Waals surface area (Å²) in [7, 11) is 0. The second-order valence-electron chi connectivity index (χ2n) is 3.15. The van der Waals surface area contributed by atoms with Gasteiger partial charge < -0.3 is 0 Å². The minimum atomic E-state index is 0.836. The van der Waals surface area contributed by atoms with Gasteiger partial charge in [-0.1, -0.05) is 24.9 Å². The van der Waals surface area contributed by atoms with E-state index in [1.54, 1.807) is 11.3 Å². The molecule has 0 N–H and O–H groups in total. The van der Waals surface area contributed by atoms with Crippen LogP contribution in [-0.4, -0.2) is 0 Å². The number of thiophene rings is 1. The van der Waals surface area contributed by atoms with E-state index in [0.717, 1.165) is 11.4 Å². The van der Waals surface area contributed by atoms with Crippen molar-refractivity contribution in [3.05, 3.63) is 34.2 Å². The first kappa shape index (κ1) is 9.04. The Kier molecular flexibility index (Phi) is 2.56. The SMILES string of the molecule is CCCc1csc2ccc(Cl)cc12. The second kappa shape index (κ2) is 3.69. The number of fused-ring (bicyclic) bond motifs is 1. The van der Waals surface area contributed by atoms with E-state index in [0.29, 0.717) is 0 Å². The minimum absolute atomic E-state index is 0.836. The zero-order valence-corrected chi connectivity index (χ0v) is 9.08. The molecule has 0 fully saturated rings. The van der Waals surface area contributed by atoms with Gasteiger partial charge in [-0.3, -0.25) is 0 Å². The van der Waals surface area contributed by atoms with Crippen molar-refractivity contribution in [2.24, 2.45) is 0 Å². The summed E-state index contributed by atoms with van der Waals surface area (Å²) in [6.45, 7) is 2.20. The molecule has 2 heteroatoms. The van der Waals surface area contributed by atoms with Crippen LogP contribution in [0.4, 0.5) is 0 Å². The summed E-state index contributed by atoms with van der Waals surface area (Å²) in [5.41, 5.74) is 1.44. The van der Waals surface area contributed by atoms with Crippen LogP contribution < -0.4 is 0 Å². The number of aryl methyl sites for hydroxylation is 1. The Hall–Kier alpha value is -0.530. The minimum Gasteiger partial charge on any atom is -0.144 e. The standard InChI is InChI=1S/C11H11ClS/c1-2-3-8-7-13-11-5-4-9(12)6-10(8)11/h4-7H,2-3H2,1H3. The van der Waals surface area contributed by atoms with Crippen LogP contribution in [0.15, 0.2) is 23.6 Å². The van der Waals surface area contributed by atoms with Crippen molar-refractivity contribution in [2.45, 2.75) is 19.8 Å². The van der Waals surface area contributed by atoms with Crippen molar-refractivity contribution >= 4 is 33.0 Å². The quantitative estimate of drug-likeness (QED) is 0.685. The molecule has 0 radical (unpaired) electrons. The molecule has 0 saturated carbocycles. The van der Waals surface area contributed by atoms with Crippen LogP contribution in [0.25, 0.3) is 10.1 Å². The summed E-state index contributed by atoms with van der Waals surface area (Å²) in [4.78, 5) is 0. The van der Waals surface area contributed by atoms with Gasteiger partial charge in [0, 0.05) is 9.72 Å². The summed E-state index contributed by atoms with van der Waals surface area (Å²) >= 11 is 7.76. The Balaban J connectivity index is 2.58. The Labute approximate surface area is 87.2 Å². The predicted molar refractivity (Wildman–Crippen MR) is 60.8 cm³/mol. The first-order valence-electron chi connectivity index (χ1n) is 4.47. The van der Waals surface area contributed by atoms with E-state index in [9.17, 15) is 0 Å². The number of rotatable bonds is 2. The van der Waals surface area contributed by atoms with Crippen LogP contribution in [-0.2, 0) is 6.42 Å². The molecule has 2 rings (SSSR count). The highest BCUT2D eigenvalue weighted by molar-refractivity contribution is 7.17. The van der Waals surface area contributed by atoms with Gasteiger partial charge in [-0.05, 0) is 40.9 Å². The highest BCUT2D eigenvalue weighted by Gasteiger charge is 2.02. The molecule has 0 atom stereocenters. The van der Waals surface area contributed by atoms with E-state index in [4.69, 9.17) is 11.6 Å². The number of hydrogen-bond donors (Lipinski definition) is 0. The lowest BCUT2D eigenvalue weighted by atomic mass is 10.1. The number of hydrogen-bond acceptors (Lipinski definition) is 1. The van der Waals surface area contributed by atoms with Gasteiger partial charge in [0.05, 0.1) is 0 Å². The van der Waals surface area contributed by atoms with Crippen molar-refractivity contribution in [3.63, 3.8) is 0 Å². The molecule has 1 heterocycles. The fourth-order valence-corrected chi connectivity index (χ4v) is 2.67. The third-order valence-electron chi connectivity index (χ3n) is 2.14. The zero-order chi connectivity index (χ0) is 9.26. The third kappa shape index (κ3) is 1.72. The topological polar surface area (TPSA) is 0 Å². The van der Waals surface area contributed by atoms with E-state index in [1.807, 2.05) is 6.07 Å². The fraction of sp³-hybridized carbons (Fsp3) is 0.273. The van der Waals surface area contributed by atoms with Gasteiger partial charge in [-0.2, -0.15) is 0 Å². The summed E-state index contributed by atoms with van der Waals surface area (Å²) < 4.78 is 1.34. The maximum Gasteiger partial charge on any atom is 0.0413 e. The lowest BCUT2D eigenvalue weighted by Gasteiger charge is -1.96. The van der Waals surface area contributed by atoms with Crippen molar-refractivity contribution in [2.75, 3.05) is 0 Å². The Bertz CT molecular complexity index is 417. The largest absolute Gasteiger partial charge is 0.144 e. The summed E-state index contributed by atoms with van der Waals surface area (Å²) in [5, 5.41) is 4.41. The molecule has 0 saturated heterocycles. The molecule has 0 aliphatic heterocycles. The van der Waals surface area contributed by atoms with Crippen LogP contribution in [0.1, 0.15) is 18.9 Å². The predicted octanol–water partition coefficient (Wildman–Crippen LogP) is 4.51. The molecule has 13 heavy (non-hydrogen) atoms. The van der Waals surface area contributed by atoms with Gasteiger partial charge in [0.2, 0.25) is 0 Å². The van der Waals surface area contributed by atoms with E-state index >= 15 is 0 Å². The van der Waals surface area contributed by atoms with Gasteiger partial charge in [0.25, 0.3) is 0 Å². The van der Waals surface area contributed by atoms with Crippen molar-refractivity contribution in [1.29, 1.82) is 0 Å². The van der Waals surface area contributed by atoms with Crippen LogP contribution in [0.3, 0.4) is 0 Å². The van der Waals surface area contributed by atoms with Gasteiger partial charge in [-0.25, -0.2) is 0 Å². The maximum absolute atomic E-state index is 5.95. The summed E-state index contributed by atoms with van der Waals surface area (Å²) in [6, 6.07) is 6.12. The summed E-state index contributed by atoms with van der Waals surface area (Å²) in [6.07, 6.45) is 2.35. The van der Waals surface area contributed by atoms with Crippen LogP contribution >= 0.6 is 22.9 Å². The van der Waals surface area contributed by atoms with E-state index in [1.165, 1.54) is 22.1 Å². The van der Waals surface area contributed by atoms with Crippen molar-refractivity contribution in [3.8, 4) is 0 Å². The molecule has 1 aromatic carbocycles. The molecular formula is C11H11ClS. The molecule has 2 aromatic rings. The van der Waals surface area contributed by atoms with E-state index in [2.05, 4.69) is 24.4 Å². The van der Waals surface area contributed by atoms with Crippen molar-refractivity contribution < 1.29 is 0 Å². The highest BCUT2D eigenvalue weighted by Crippen LogP contribution is 2.29. The Morgan fingerprint density at radius 3 is 3.00 bits per heavy atom. The smallest absolute Gasteiger partial charge is 0.0413 e. The van der Waals surface area contributed by atoms with Crippen LogP contribution in [0, 0.1) is 0 Å². The normalized spacial score (nSPS) is 10.9. The average Bonchev–Trinajstić information content (AvgIpc) is 2.49. The molecule has 0 aliphatic rings. The average molecular weight is 211 g/mol. The summed E-state index contributed by atoms with van der Waals surface area (Å²) in [5.74, 6) is 0. The Morgan fingerprint density at radius 2 is 2.23 bits per heavy atom. The van der Waals surface area contributed by atoms with Gasteiger partial charge in [0.15, 0.2) is 0 Å². The lowest BCUT2D eigenvalue weighted by Crippen LogP contribution is -1.78. The molecule has 0 unspecified atom stereocenters. The Morgan fingerprint density at radius 1 is 1.38 bits per heavy atom. The van der Waals surface area contributed by atoms with Gasteiger partial charge in [0.1, 0.15) is 0 Å². The molecule has 68 valence electrons. The number of benzene rings is 1. The molecule has 0 amide bonds.